The third-order valence-electron chi connectivity index (χ3n) is 2.59. The largest absolute Gasteiger partial charge is 0.545 e. The van der Waals surface area contributed by atoms with Crippen molar-refractivity contribution in [2.75, 3.05) is 5.32 Å². The minimum atomic E-state index is -1.34. The first-order valence-corrected chi connectivity index (χ1v) is 7.21. The smallest absolute Gasteiger partial charge is 0.259 e. The van der Waals surface area contributed by atoms with E-state index in [2.05, 4.69) is 31.5 Å². The summed E-state index contributed by atoms with van der Waals surface area (Å²) in [5.74, 6) is -1.80. The SMILES string of the molecule is O=C(NC(=S)Nc1ccccc1C(=O)[O-])c1cncc(Br)c1. The number of nitrogens with one attached hydrogen (secondary N) is 2. The fraction of sp³-hybridized carbons (Fsp3) is 0. The van der Waals surface area contributed by atoms with Gasteiger partial charge in [-0.25, -0.2) is 0 Å². The van der Waals surface area contributed by atoms with Gasteiger partial charge in [-0.05, 0) is 40.3 Å². The molecule has 0 aliphatic carbocycles. The highest BCUT2D eigenvalue weighted by atomic mass is 79.9. The molecule has 0 saturated carbocycles. The van der Waals surface area contributed by atoms with Gasteiger partial charge in [0.15, 0.2) is 5.11 Å². The highest BCUT2D eigenvalue weighted by Gasteiger charge is 2.10. The highest BCUT2D eigenvalue weighted by Crippen LogP contribution is 2.14. The topological polar surface area (TPSA) is 94.2 Å². The second-order valence-corrected chi connectivity index (χ2v) is 5.46. The summed E-state index contributed by atoms with van der Waals surface area (Å²) in [6, 6.07) is 7.67. The molecule has 0 bridgehead atoms. The number of rotatable bonds is 3. The van der Waals surface area contributed by atoms with Crippen LogP contribution in [0.15, 0.2) is 47.2 Å². The van der Waals surface area contributed by atoms with E-state index in [0.29, 0.717) is 10.0 Å². The second-order valence-electron chi connectivity index (χ2n) is 4.13. The summed E-state index contributed by atoms with van der Waals surface area (Å²) < 4.78 is 0.654. The number of amides is 1. The number of pyridine rings is 1. The van der Waals surface area contributed by atoms with E-state index in [1.807, 2.05) is 0 Å². The van der Waals surface area contributed by atoms with Gasteiger partial charge in [0.1, 0.15) is 0 Å². The van der Waals surface area contributed by atoms with Crippen LogP contribution in [0.3, 0.4) is 0 Å². The van der Waals surface area contributed by atoms with Crippen molar-refractivity contribution >= 4 is 50.8 Å². The summed E-state index contributed by atoms with van der Waals surface area (Å²) in [4.78, 5) is 26.9. The van der Waals surface area contributed by atoms with Gasteiger partial charge in [0.2, 0.25) is 0 Å². The van der Waals surface area contributed by atoms with Crippen molar-refractivity contribution in [3.63, 3.8) is 0 Å². The molecule has 1 amide bonds. The Morgan fingerprint density at radius 3 is 2.64 bits per heavy atom. The number of aromatic nitrogens is 1. The Balaban J connectivity index is 2.08. The number of hydrogen-bond donors (Lipinski definition) is 2. The molecular formula is C14H9BrN3O3S-. The first-order valence-electron chi connectivity index (χ1n) is 6.00. The third kappa shape index (κ3) is 4.09. The first kappa shape index (κ1) is 16.1. The van der Waals surface area contributed by atoms with E-state index in [0.717, 1.165) is 0 Å². The zero-order valence-electron chi connectivity index (χ0n) is 11.0. The van der Waals surface area contributed by atoms with Gasteiger partial charge >= 0.3 is 0 Å². The molecule has 0 aliphatic rings. The van der Waals surface area contributed by atoms with E-state index in [1.54, 1.807) is 24.4 Å². The lowest BCUT2D eigenvalue weighted by Gasteiger charge is -2.13. The van der Waals surface area contributed by atoms with Gasteiger partial charge in [0, 0.05) is 28.1 Å². The molecule has 1 aromatic heterocycles. The van der Waals surface area contributed by atoms with E-state index in [-0.39, 0.29) is 16.4 Å². The number of carboxylic acid groups (broad SMARTS) is 1. The molecule has 6 nitrogen and oxygen atoms in total. The van der Waals surface area contributed by atoms with Crippen molar-refractivity contribution in [2.24, 2.45) is 0 Å². The van der Waals surface area contributed by atoms with Crippen LogP contribution in [0.4, 0.5) is 5.69 Å². The second kappa shape index (κ2) is 7.10. The Bertz CT molecular complexity index is 752. The van der Waals surface area contributed by atoms with Crippen LogP contribution in [-0.2, 0) is 0 Å². The number of carbonyl (C=O) groups excluding carboxylic acids is 2. The molecule has 0 fully saturated rings. The molecular weight excluding hydrogens is 370 g/mol. The summed E-state index contributed by atoms with van der Waals surface area (Å²) in [7, 11) is 0. The monoisotopic (exact) mass is 378 g/mol. The molecule has 112 valence electrons. The minimum Gasteiger partial charge on any atom is -0.545 e. The van der Waals surface area contributed by atoms with Crippen molar-refractivity contribution in [1.82, 2.24) is 10.3 Å². The number of hydrogen-bond acceptors (Lipinski definition) is 5. The van der Waals surface area contributed by atoms with Crippen LogP contribution < -0.4 is 15.7 Å². The maximum atomic E-state index is 12.0. The molecule has 22 heavy (non-hydrogen) atoms. The standard InChI is InChI=1S/C14H10BrN3O3S/c15-9-5-8(6-16-7-9)12(19)18-14(22)17-11-4-2-1-3-10(11)13(20)21/h1-7H,(H,20,21)(H2,17,18,19,22)/p-1. The van der Waals surface area contributed by atoms with Crippen LogP contribution in [0.2, 0.25) is 0 Å². The Morgan fingerprint density at radius 2 is 1.95 bits per heavy atom. The fourth-order valence-corrected chi connectivity index (χ4v) is 2.20. The van der Waals surface area contributed by atoms with Crippen LogP contribution in [0, 0.1) is 0 Å². The average Bonchev–Trinajstić information content (AvgIpc) is 2.47. The van der Waals surface area contributed by atoms with Crippen molar-refractivity contribution in [3.8, 4) is 0 Å². The summed E-state index contributed by atoms with van der Waals surface area (Å²) in [5, 5.41) is 16.1. The Morgan fingerprint density at radius 1 is 1.23 bits per heavy atom. The van der Waals surface area contributed by atoms with Crippen molar-refractivity contribution in [3.05, 3.63) is 58.3 Å². The van der Waals surface area contributed by atoms with E-state index in [9.17, 15) is 14.7 Å². The first-order chi connectivity index (χ1) is 10.5. The average molecular weight is 379 g/mol. The number of carboxylic acids is 1. The quantitative estimate of drug-likeness (QED) is 0.782. The molecule has 0 saturated heterocycles. The summed E-state index contributed by atoms with van der Waals surface area (Å²) in [6.45, 7) is 0. The van der Waals surface area contributed by atoms with Gasteiger partial charge in [-0.3, -0.25) is 15.1 Å². The maximum absolute atomic E-state index is 12.0. The zero-order valence-corrected chi connectivity index (χ0v) is 13.4. The molecule has 0 atom stereocenters. The third-order valence-corrected chi connectivity index (χ3v) is 3.23. The lowest BCUT2D eigenvalue weighted by atomic mass is 10.2. The summed E-state index contributed by atoms with van der Waals surface area (Å²) in [6.07, 6.45) is 2.93. The zero-order chi connectivity index (χ0) is 16.1. The fourth-order valence-electron chi connectivity index (χ4n) is 1.64. The number of aromatic carboxylic acids is 1. The van der Waals surface area contributed by atoms with Gasteiger partial charge in [-0.2, -0.15) is 0 Å². The predicted octanol–water partition coefficient (Wildman–Crippen LogP) is 1.33. The van der Waals surface area contributed by atoms with E-state index in [1.165, 1.54) is 18.3 Å². The molecule has 8 heteroatoms. The van der Waals surface area contributed by atoms with Gasteiger partial charge in [-0.15, -0.1) is 0 Å². The van der Waals surface area contributed by atoms with Crippen LogP contribution >= 0.6 is 28.1 Å². The lowest BCUT2D eigenvalue weighted by molar-refractivity contribution is -0.254. The molecule has 1 heterocycles. The molecule has 2 N–H and O–H groups in total. The molecule has 0 radical (unpaired) electrons. The van der Waals surface area contributed by atoms with Crippen molar-refractivity contribution < 1.29 is 14.7 Å². The molecule has 0 spiro atoms. The van der Waals surface area contributed by atoms with Gasteiger partial charge in [0.05, 0.1) is 11.5 Å². The Hall–Kier alpha value is -2.32. The minimum absolute atomic E-state index is 0.0290. The number of nitrogens with zero attached hydrogens (tertiary/aromatic N) is 1. The van der Waals surface area contributed by atoms with Gasteiger partial charge < -0.3 is 15.2 Å². The van der Waals surface area contributed by atoms with Crippen LogP contribution in [-0.4, -0.2) is 22.0 Å². The highest BCUT2D eigenvalue weighted by molar-refractivity contribution is 9.10. The van der Waals surface area contributed by atoms with E-state index >= 15 is 0 Å². The summed E-state index contributed by atoms with van der Waals surface area (Å²) >= 11 is 8.22. The Labute approximate surface area is 139 Å². The van der Waals surface area contributed by atoms with Crippen LogP contribution in [0.25, 0.3) is 0 Å². The number of para-hydroxylation sites is 1. The molecule has 0 aliphatic heterocycles. The normalized spacial score (nSPS) is 9.86. The number of carbonyl (C=O) groups is 2. The van der Waals surface area contributed by atoms with Gasteiger partial charge in [-0.1, -0.05) is 18.2 Å². The number of anilines is 1. The van der Waals surface area contributed by atoms with Crippen LogP contribution in [0.1, 0.15) is 20.7 Å². The van der Waals surface area contributed by atoms with Gasteiger partial charge in [0.25, 0.3) is 5.91 Å². The van der Waals surface area contributed by atoms with E-state index < -0.39 is 11.9 Å². The number of thiocarbonyl (C=S) groups is 1. The molecule has 2 rings (SSSR count). The van der Waals surface area contributed by atoms with Crippen LogP contribution in [0.5, 0.6) is 0 Å². The van der Waals surface area contributed by atoms with Crippen molar-refractivity contribution in [1.29, 1.82) is 0 Å². The van der Waals surface area contributed by atoms with Crippen molar-refractivity contribution in [2.45, 2.75) is 0 Å². The number of halogens is 1. The van der Waals surface area contributed by atoms with E-state index in [4.69, 9.17) is 12.2 Å². The summed E-state index contributed by atoms with van der Waals surface area (Å²) in [5.41, 5.74) is 0.495. The lowest BCUT2D eigenvalue weighted by Crippen LogP contribution is -2.35. The number of benzene rings is 1. The maximum Gasteiger partial charge on any atom is 0.259 e. The molecule has 1 aromatic carbocycles. The predicted molar refractivity (Wildman–Crippen MR) is 86.4 cm³/mol. The molecule has 0 unspecified atom stereocenters. The molecule has 2 aromatic rings. The Kier molecular flexibility index (Phi) is 5.18.